The van der Waals surface area contributed by atoms with Gasteiger partial charge in [0.15, 0.2) is 0 Å². The molecule has 0 saturated heterocycles. The van der Waals surface area contributed by atoms with Gasteiger partial charge >= 0.3 is 0 Å². The van der Waals surface area contributed by atoms with Gasteiger partial charge in [0, 0.05) is 16.2 Å². The quantitative estimate of drug-likeness (QED) is 0.732. The average Bonchev–Trinajstić information content (AvgIpc) is 2.13. The zero-order chi connectivity index (χ0) is 11.2. The molecule has 15 heavy (non-hydrogen) atoms. The predicted octanol–water partition coefficient (Wildman–Crippen LogP) is 2.20. The average molecular weight is 223 g/mol. The standard InChI is InChI=1S/C12H17NOS/c1-7-4-8(2)12-10(5-7)11(13)6-9(3)15(12)14/h4-5,9,11H,6,13H2,1-3H3. The first kappa shape index (κ1) is 10.8. The van der Waals surface area contributed by atoms with E-state index in [4.69, 9.17) is 5.73 Å². The normalized spacial score (nSPS) is 30.0. The summed E-state index contributed by atoms with van der Waals surface area (Å²) in [6.07, 6.45) is 0.822. The summed E-state index contributed by atoms with van der Waals surface area (Å²) < 4.78 is 12.1. The Hall–Kier alpha value is -0.670. The van der Waals surface area contributed by atoms with Crippen molar-refractivity contribution in [1.29, 1.82) is 0 Å². The molecule has 3 unspecified atom stereocenters. The fraction of sp³-hybridized carbons (Fsp3) is 0.500. The van der Waals surface area contributed by atoms with E-state index in [1.54, 1.807) is 0 Å². The Balaban J connectivity index is 2.66. The Morgan fingerprint density at radius 2 is 2.07 bits per heavy atom. The summed E-state index contributed by atoms with van der Waals surface area (Å²) in [5.74, 6) is 0. The third-order valence-corrected chi connectivity index (χ3v) is 4.88. The SMILES string of the molecule is Cc1cc(C)c2c(c1)C(N)CC(C)S2=O. The van der Waals surface area contributed by atoms with Crippen molar-refractivity contribution < 1.29 is 4.21 Å². The maximum absolute atomic E-state index is 12.1. The Bertz CT molecular complexity index is 428. The van der Waals surface area contributed by atoms with Gasteiger partial charge in [0.1, 0.15) is 0 Å². The molecule has 82 valence electrons. The number of hydrogen-bond donors (Lipinski definition) is 1. The minimum Gasteiger partial charge on any atom is -0.324 e. The smallest absolute Gasteiger partial charge is 0.0564 e. The summed E-state index contributed by atoms with van der Waals surface area (Å²) in [5.41, 5.74) is 9.51. The molecule has 0 bridgehead atoms. The lowest BCUT2D eigenvalue weighted by Gasteiger charge is -2.28. The highest BCUT2D eigenvalue weighted by atomic mass is 32.2. The van der Waals surface area contributed by atoms with Crippen LogP contribution in [0.2, 0.25) is 0 Å². The van der Waals surface area contributed by atoms with Gasteiger partial charge in [-0.3, -0.25) is 4.21 Å². The second kappa shape index (κ2) is 3.72. The number of aryl methyl sites for hydroxylation is 2. The van der Waals surface area contributed by atoms with Crippen molar-refractivity contribution in [2.24, 2.45) is 5.73 Å². The molecule has 1 aromatic carbocycles. The van der Waals surface area contributed by atoms with E-state index >= 15 is 0 Å². The number of nitrogens with two attached hydrogens (primary N) is 1. The van der Waals surface area contributed by atoms with Crippen molar-refractivity contribution in [3.8, 4) is 0 Å². The molecule has 0 amide bonds. The van der Waals surface area contributed by atoms with E-state index in [0.29, 0.717) is 0 Å². The fourth-order valence-electron chi connectivity index (χ4n) is 2.31. The number of hydrogen-bond acceptors (Lipinski definition) is 2. The molecule has 1 heterocycles. The maximum Gasteiger partial charge on any atom is 0.0564 e. The summed E-state index contributed by atoms with van der Waals surface area (Å²) in [6.45, 7) is 6.09. The van der Waals surface area contributed by atoms with E-state index in [1.807, 2.05) is 13.8 Å². The van der Waals surface area contributed by atoms with Crippen LogP contribution in [-0.4, -0.2) is 9.46 Å². The molecule has 3 heteroatoms. The molecule has 1 aromatic rings. The van der Waals surface area contributed by atoms with Crippen molar-refractivity contribution >= 4 is 10.8 Å². The molecule has 1 aliphatic rings. The fourth-order valence-corrected chi connectivity index (χ4v) is 3.91. The van der Waals surface area contributed by atoms with Crippen LogP contribution < -0.4 is 5.73 Å². The molecule has 3 atom stereocenters. The van der Waals surface area contributed by atoms with Crippen LogP contribution in [0.25, 0.3) is 0 Å². The summed E-state index contributed by atoms with van der Waals surface area (Å²) in [7, 11) is -0.880. The zero-order valence-electron chi connectivity index (χ0n) is 9.41. The molecular formula is C12H17NOS. The summed E-state index contributed by atoms with van der Waals surface area (Å²) >= 11 is 0. The number of benzene rings is 1. The lowest BCUT2D eigenvalue weighted by molar-refractivity contribution is 0.589. The van der Waals surface area contributed by atoms with Crippen LogP contribution in [0.3, 0.4) is 0 Å². The van der Waals surface area contributed by atoms with Crippen molar-refractivity contribution in [2.75, 3.05) is 0 Å². The van der Waals surface area contributed by atoms with E-state index in [9.17, 15) is 4.21 Å². The van der Waals surface area contributed by atoms with Gasteiger partial charge in [0.25, 0.3) is 0 Å². The largest absolute Gasteiger partial charge is 0.324 e. The highest BCUT2D eigenvalue weighted by Crippen LogP contribution is 2.35. The van der Waals surface area contributed by atoms with Crippen molar-refractivity contribution in [2.45, 2.75) is 43.4 Å². The zero-order valence-corrected chi connectivity index (χ0v) is 10.2. The summed E-state index contributed by atoms with van der Waals surface area (Å²) in [4.78, 5) is 0.979. The first-order valence-corrected chi connectivity index (χ1v) is 6.49. The number of rotatable bonds is 0. The molecule has 0 aliphatic carbocycles. The van der Waals surface area contributed by atoms with Crippen LogP contribution in [0.1, 0.15) is 36.1 Å². The first-order valence-electron chi connectivity index (χ1n) is 5.28. The van der Waals surface area contributed by atoms with E-state index in [1.165, 1.54) is 5.56 Å². The Morgan fingerprint density at radius 1 is 1.40 bits per heavy atom. The molecule has 0 aromatic heterocycles. The lowest BCUT2D eigenvalue weighted by Crippen LogP contribution is -2.28. The highest BCUT2D eigenvalue weighted by molar-refractivity contribution is 7.85. The van der Waals surface area contributed by atoms with E-state index in [2.05, 4.69) is 19.1 Å². The van der Waals surface area contributed by atoms with E-state index < -0.39 is 10.8 Å². The minimum atomic E-state index is -0.880. The van der Waals surface area contributed by atoms with Crippen LogP contribution >= 0.6 is 0 Å². The monoisotopic (exact) mass is 223 g/mol. The van der Waals surface area contributed by atoms with Crippen molar-refractivity contribution in [3.05, 3.63) is 28.8 Å². The van der Waals surface area contributed by atoms with Gasteiger partial charge in [0.2, 0.25) is 0 Å². The van der Waals surface area contributed by atoms with Crippen LogP contribution in [0.15, 0.2) is 17.0 Å². The highest BCUT2D eigenvalue weighted by Gasteiger charge is 2.29. The van der Waals surface area contributed by atoms with Gasteiger partial charge in [-0.25, -0.2) is 0 Å². The second-order valence-electron chi connectivity index (χ2n) is 4.45. The summed E-state index contributed by atoms with van der Waals surface area (Å²) in [5, 5.41) is 0.175. The molecule has 0 fully saturated rings. The first-order chi connectivity index (χ1) is 7.00. The van der Waals surface area contributed by atoms with Crippen LogP contribution in [0, 0.1) is 13.8 Å². The van der Waals surface area contributed by atoms with Crippen LogP contribution in [0.4, 0.5) is 0 Å². The molecule has 2 nitrogen and oxygen atoms in total. The lowest BCUT2D eigenvalue weighted by atomic mass is 9.98. The van der Waals surface area contributed by atoms with Gasteiger partial charge in [0.05, 0.1) is 10.8 Å². The Morgan fingerprint density at radius 3 is 2.73 bits per heavy atom. The van der Waals surface area contributed by atoms with Gasteiger partial charge in [-0.15, -0.1) is 0 Å². The Kier molecular flexibility index (Phi) is 2.69. The molecular weight excluding hydrogens is 206 g/mol. The third-order valence-electron chi connectivity index (χ3n) is 3.00. The second-order valence-corrected chi connectivity index (χ2v) is 6.26. The maximum atomic E-state index is 12.1. The van der Waals surface area contributed by atoms with E-state index in [0.717, 1.165) is 22.4 Å². The predicted molar refractivity (Wildman–Crippen MR) is 63.3 cm³/mol. The molecule has 0 saturated carbocycles. The van der Waals surface area contributed by atoms with Crippen molar-refractivity contribution in [3.63, 3.8) is 0 Å². The molecule has 1 aliphatic heterocycles. The van der Waals surface area contributed by atoms with Crippen molar-refractivity contribution in [1.82, 2.24) is 0 Å². The topological polar surface area (TPSA) is 43.1 Å². The molecule has 0 spiro atoms. The summed E-state index contributed by atoms with van der Waals surface area (Å²) in [6, 6.07) is 4.21. The van der Waals surface area contributed by atoms with Gasteiger partial charge < -0.3 is 5.73 Å². The van der Waals surface area contributed by atoms with Gasteiger partial charge in [-0.1, -0.05) is 24.6 Å². The molecule has 2 N–H and O–H groups in total. The third kappa shape index (κ3) is 1.74. The Labute approximate surface area is 93.3 Å². The van der Waals surface area contributed by atoms with E-state index in [-0.39, 0.29) is 11.3 Å². The minimum absolute atomic E-state index is 0.0475. The number of fused-ring (bicyclic) bond motifs is 1. The van der Waals surface area contributed by atoms with Crippen LogP contribution in [0.5, 0.6) is 0 Å². The molecule has 0 radical (unpaired) electrons. The van der Waals surface area contributed by atoms with Gasteiger partial charge in [-0.2, -0.15) is 0 Å². The molecule has 2 rings (SSSR count). The van der Waals surface area contributed by atoms with Crippen LogP contribution in [-0.2, 0) is 10.8 Å². The van der Waals surface area contributed by atoms with Gasteiger partial charge in [-0.05, 0) is 31.4 Å².